The zero-order valence-electron chi connectivity index (χ0n) is 14.0. The Kier molecular flexibility index (Phi) is 8.56. The maximum atomic E-state index is 11.7. The summed E-state index contributed by atoms with van der Waals surface area (Å²) in [6.45, 7) is 0.288. The second kappa shape index (κ2) is 10.2. The first-order valence-corrected chi connectivity index (χ1v) is 9.16. The molecule has 7 heteroatoms. The van der Waals surface area contributed by atoms with Gasteiger partial charge in [-0.05, 0) is 30.2 Å². The summed E-state index contributed by atoms with van der Waals surface area (Å²) < 4.78 is 26.1. The Bertz CT molecular complexity index is 488. The van der Waals surface area contributed by atoms with E-state index in [1.165, 1.54) is 6.08 Å². The summed E-state index contributed by atoms with van der Waals surface area (Å²) >= 11 is 0. The number of ether oxygens (including phenoxy) is 2. The van der Waals surface area contributed by atoms with Crippen LogP contribution in [0.5, 0.6) is 5.75 Å². The van der Waals surface area contributed by atoms with Gasteiger partial charge >= 0.3 is 14.8 Å². The molecule has 0 spiro atoms. The average molecular weight is 340 g/mol. The predicted octanol–water partition coefficient (Wildman–Crippen LogP) is 2.52. The normalized spacial score (nSPS) is 11.7. The van der Waals surface area contributed by atoms with Crippen molar-refractivity contribution >= 4 is 20.8 Å². The Morgan fingerprint density at radius 1 is 1.04 bits per heavy atom. The van der Waals surface area contributed by atoms with E-state index in [1.54, 1.807) is 34.5 Å². The van der Waals surface area contributed by atoms with E-state index in [0.717, 1.165) is 11.3 Å². The van der Waals surface area contributed by atoms with Gasteiger partial charge in [-0.15, -0.1) is 0 Å². The van der Waals surface area contributed by atoms with Crippen molar-refractivity contribution in [3.05, 3.63) is 35.9 Å². The topological polar surface area (TPSA) is 63.2 Å². The number of hydrogen-bond acceptors (Lipinski definition) is 6. The molecule has 0 aliphatic heterocycles. The number of carbonyl (C=O) groups excluding carboxylic acids is 1. The minimum atomic E-state index is -2.59. The summed E-state index contributed by atoms with van der Waals surface area (Å²) in [5.74, 6) is 0.382. The van der Waals surface area contributed by atoms with E-state index in [9.17, 15) is 4.79 Å². The van der Waals surface area contributed by atoms with E-state index >= 15 is 0 Å². The molecule has 1 aromatic rings. The SMILES string of the molecule is COc1ccc(C=CC(=O)OCCC[Si](OC)(OC)OC)cc1. The summed E-state index contributed by atoms with van der Waals surface area (Å²) in [4.78, 5) is 11.7. The minimum absolute atomic E-state index is 0.288. The summed E-state index contributed by atoms with van der Waals surface area (Å²) in [5.41, 5.74) is 0.896. The van der Waals surface area contributed by atoms with Crippen LogP contribution >= 0.6 is 0 Å². The first-order chi connectivity index (χ1) is 11.1. The molecule has 0 atom stereocenters. The van der Waals surface area contributed by atoms with Gasteiger partial charge in [-0.3, -0.25) is 0 Å². The molecular weight excluding hydrogens is 316 g/mol. The van der Waals surface area contributed by atoms with Crippen molar-refractivity contribution in [3.8, 4) is 5.75 Å². The van der Waals surface area contributed by atoms with Gasteiger partial charge in [0.1, 0.15) is 5.75 Å². The molecule has 0 aliphatic carbocycles. The van der Waals surface area contributed by atoms with Gasteiger partial charge in [0.2, 0.25) is 0 Å². The van der Waals surface area contributed by atoms with Gasteiger partial charge in [-0.1, -0.05) is 12.1 Å². The number of rotatable bonds is 10. The zero-order valence-corrected chi connectivity index (χ0v) is 15.0. The highest BCUT2D eigenvalue weighted by atomic mass is 28.4. The van der Waals surface area contributed by atoms with Crippen LogP contribution in [0, 0.1) is 0 Å². The minimum Gasteiger partial charge on any atom is -0.497 e. The lowest BCUT2D eigenvalue weighted by Crippen LogP contribution is -2.42. The van der Waals surface area contributed by atoms with Crippen molar-refractivity contribution < 1.29 is 27.5 Å². The van der Waals surface area contributed by atoms with Gasteiger partial charge in [-0.25, -0.2) is 4.79 Å². The number of hydrogen-bond donors (Lipinski definition) is 0. The highest BCUT2D eigenvalue weighted by Crippen LogP contribution is 2.15. The molecule has 0 saturated carbocycles. The average Bonchev–Trinajstić information content (AvgIpc) is 2.61. The van der Waals surface area contributed by atoms with E-state index in [1.807, 2.05) is 24.3 Å². The third-order valence-electron chi connectivity index (χ3n) is 3.33. The molecule has 0 saturated heterocycles. The van der Waals surface area contributed by atoms with Crippen LogP contribution in [-0.4, -0.2) is 49.8 Å². The summed E-state index contributed by atoms with van der Waals surface area (Å²) in [6.07, 6.45) is 3.71. The fourth-order valence-electron chi connectivity index (χ4n) is 1.95. The van der Waals surface area contributed by atoms with Crippen molar-refractivity contribution in [1.29, 1.82) is 0 Å². The van der Waals surface area contributed by atoms with Gasteiger partial charge in [0.25, 0.3) is 0 Å². The molecule has 0 radical (unpaired) electrons. The summed E-state index contributed by atoms with van der Waals surface area (Å²) in [5, 5.41) is 0. The van der Waals surface area contributed by atoms with Crippen LogP contribution in [0.3, 0.4) is 0 Å². The Balaban J connectivity index is 2.35. The number of esters is 1. The Labute approximate surface area is 138 Å². The molecule has 0 aliphatic rings. The zero-order chi connectivity index (χ0) is 17.1. The third kappa shape index (κ3) is 6.53. The molecule has 0 N–H and O–H groups in total. The van der Waals surface area contributed by atoms with Crippen molar-refractivity contribution in [2.45, 2.75) is 12.5 Å². The van der Waals surface area contributed by atoms with E-state index < -0.39 is 8.80 Å². The highest BCUT2D eigenvalue weighted by Gasteiger charge is 2.36. The van der Waals surface area contributed by atoms with E-state index in [0.29, 0.717) is 12.5 Å². The highest BCUT2D eigenvalue weighted by molar-refractivity contribution is 6.60. The summed E-state index contributed by atoms with van der Waals surface area (Å²) in [7, 11) is 3.69. The van der Waals surface area contributed by atoms with Gasteiger partial charge < -0.3 is 22.8 Å². The molecular formula is C16H24O6Si. The number of methoxy groups -OCH3 is 1. The molecule has 0 heterocycles. The maximum absolute atomic E-state index is 11.7. The van der Waals surface area contributed by atoms with Crippen LogP contribution in [0.2, 0.25) is 6.04 Å². The molecule has 128 valence electrons. The van der Waals surface area contributed by atoms with E-state index in [4.69, 9.17) is 22.8 Å². The van der Waals surface area contributed by atoms with E-state index in [2.05, 4.69) is 0 Å². The van der Waals surface area contributed by atoms with Crippen LogP contribution in [0.4, 0.5) is 0 Å². The molecule has 1 rings (SSSR count). The van der Waals surface area contributed by atoms with E-state index in [-0.39, 0.29) is 12.6 Å². The lowest BCUT2D eigenvalue weighted by Gasteiger charge is -2.23. The molecule has 0 aromatic heterocycles. The van der Waals surface area contributed by atoms with Gasteiger partial charge in [0.05, 0.1) is 13.7 Å². The number of benzene rings is 1. The smallest absolute Gasteiger partial charge is 0.497 e. The Morgan fingerprint density at radius 3 is 2.17 bits per heavy atom. The quantitative estimate of drug-likeness (QED) is 0.282. The fourth-order valence-corrected chi connectivity index (χ4v) is 3.63. The standard InChI is InChI=1S/C16H24O6Si/c1-18-15-9-6-14(7-10-15)8-11-16(17)22-12-5-13-23(19-2,20-3)21-4/h6-11H,5,12-13H2,1-4H3. The fraction of sp³-hybridized carbons (Fsp3) is 0.438. The first kappa shape index (κ1) is 19.4. The summed E-state index contributed by atoms with van der Waals surface area (Å²) in [6, 6.07) is 7.97. The van der Waals surface area contributed by atoms with Crippen LogP contribution in [-0.2, 0) is 22.8 Å². The third-order valence-corrected chi connectivity index (χ3v) is 6.16. The number of carbonyl (C=O) groups is 1. The van der Waals surface area contributed by atoms with Crippen LogP contribution < -0.4 is 4.74 Å². The molecule has 0 bridgehead atoms. The molecule has 6 nitrogen and oxygen atoms in total. The molecule has 23 heavy (non-hydrogen) atoms. The lowest BCUT2D eigenvalue weighted by atomic mass is 10.2. The maximum Gasteiger partial charge on any atom is 0.500 e. The van der Waals surface area contributed by atoms with Gasteiger partial charge in [-0.2, -0.15) is 0 Å². The van der Waals surface area contributed by atoms with Crippen molar-refractivity contribution in [1.82, 2.24) is 0 Å². The molecule has 0 amide bonds. The van der Waals surface area contributed by atoms with Crippen LogP contribution in [0.1, 0.15) is 12.0 Å². The second-order valence-corrected chi connectivity index (χ2v) is 7.76. The van der Waals surface area contributed by atoms with Crippen molar-refractivity contribution in [3.63, 3.8) is 0 Å². The van der Waals surface area contributed by atoms with Gasteiger partial charge in [0.15, 0.2) is 0 Å². The monoisotopic (exact) mass is 340 g/mol. The predicted molar refractivity (Wildman–Crippen MR) is 89.2 cm³/mol. The van der Waals surface area contributed by atoms with Gasteiger partial charge in [0, 0.05) is 33.4 Å². The Morgan fingerprint density at radius 2 is 1.65 bits per heavy atom. The van der Waals surface area contributed by atoms with Crippen molar-refractivity contribution in [2.75, 3.05) is 35.0 Å². The lowest BCUT2D eigenvalue weighted by molar-refractivity contribution is -0.137. The Hall–Kier alpha value is -1.67. The largest absolute Gasteiger partial charge is 0.500 e. The molecule has 0 fully saturated rings. The first-order valence-electron chi connectivity index (χ1n) is 7.23. The van der Waals surface area contributed by atoms with Crippen molar-refractivity contribution in [2.24, 2.45) is 0 Å². The van der Waals surface area contributed by atoms with Crippen LogP contribution in [0.25, 0.3) is 6.08 Å². The molecule has 0 unspecified atom stereocenters. The second-order valence-electron chi connectivity index (χ2n) is 4.67. The molecule has 1 aromatic carbocycles. The van der Waals surface area contributed by atoms with Crippen LogP contribution in [0.15, 0.2) is 30.3 Å².